The second kappa shape index (κ2) is 9.89. The molecule has 1 atom stereocenters. The smallest absolute Gasteiger partial charge is 0.409 e. The zero-order chi connectivity index (χ0) is 19.9. The minimum absolute atomic E-state index is 0.115. The Bertz CT molecular complexity index is 764. The molecule has 150 valence electrons. The van der Waals surface area contributed by atoms with Crippen molar-refractivity contribution >= 4 is 45.3 Å². The minimum atomic E-state index is -4.01. The lowest BCUT2D eigenvalue weighted by Crippen LogP contribution is -2.51. The summed E-state index contributed by atoms with van der Waals surface area (Å²) in [7, 11) is -2.61. The van der Waals surface area contributed by atoms with Gasteiger partial charge in [0.2, 0.25) is 5.90 Å². The molecule has 0 aromatic carbocycles. The number of nitrogens with one attached hydrogen (secondary N) is 2. The van der Waals surface area contributed by atoms with Crippen molar-refractivity contribution in [2.45, 2.75) is 11.6 Å². The van der Waals surface area contributed by atoms with E-state index in [1.54, 1.807) is 13.0 Å². The molecule has 0 bridgehead atoms. The van der Waals surface area contributed by atoms with Gasteiger partial charge in [0.1, 0.15) is 0 Å². The Kier molecular flexibility index (Phi) is 7.85. The number of hydrogen-bond donors (Lipinski definition) is 2. The Morgan fingerprint density at radius 3 is 3.04 bits per heavy atom. The van der Waals surface area contributed by atoms with E-state index in [-0.39, 0.29) is 12.5 Å². The van der Waals surface area contributed by atoms with E-state index < -0.39 is 20.8 Å². The fourth-order valence-electron chi connectivity index (χ4n) is 1.82. The molecule has 12 nitrogen and oxygen atoms in total. The molecule has 27 heavy (non-hydrogen) atoms. The van der Waals surface area contributed by atoms with Gasteiger partial charge in [-0.1, -0.05) is 36.7 Å². The lowest BCUT2D eigenvalue weighted by molar-refractivity contribution is -0.252. The summed E-state index contributed by atoms with van der Waals surface area (Å²) >= 11 is 6.59. The van der Waals surface area contributed by atoms with Crippen molar-refractivity contribution < 1.29 is 22.8 Å². The zero-order valence-electron chi connectivity index (χ0n) is 14.4. The molecule has 15 heteroatoms. The highest BCUT2D eigenvalue weighted by Gasteiger charge is 2.31. The second-order valence-electron chi connectivity index (χ2n) is 4.94. The molecule has 0 aliphatic carbocycles. The van der Waals surface area contributed by atoms with Gasteiger partial charge in [-0.2, -0.15) is 0 Å². The van der Waals surface area contributed by atoms with Gasteiger partial charge in [-0.3, -0.25) is 10.7 Å². The van der Waals surface area contributed by atoms with Gasteiger partial charge in [-0.25, -0.2) is 18.0 Å². The molecule has 2 amide bonds. The van der Waals surface area contributed by atoms with E-state index in [0.717, 1.165) is 17.0 Å². The number of carbonyl (C=O) groups is 1. The first-order valence-corrected chi connectivity index (χ1v) is 10.5. The number of halogens is 1. The van der Waals surface area contributed by atoms with Crippen molar-refractivity contribution in [3.63, 3.8) is 0 Å². The van der Waals surface area contributed by atoms with Crippen LogP contribution < -0.4 is 10.7 Å². The molecule has 2 N–H and O–H groups in total. The van der Waals surface area contributed by atoms with Crippen molar-refractivity contribution in [3.8, 4) is 0 Å². The van der Waals surface area contributed by atoms with E-state index in [9.17, 15) is 13.2 Å². The number of methoxy groups -OCH3 is 1. The van der Waals surface area contributed by atoms with Crippen LogP contribution in [0.2, 0.25) is 0 Å². The van der Waals surface area contributed by atoms with Gasteiger partial charge in [0.15, 0.2) is 4.71 Å². The number of hydroxylamine groups is 1. The number of amides is 2. The van der Waals surface area contributed by atoms with Crippen molar-refractivity contribution in [2.24, 2.45) is 14.7 Å². The highest BCUT2D eigenvalue weighted by Crippen LogP contribution is 2.21. The number of hydrazone groups is 1. The Morgan fingerprint density at radius 2 is 2.41 bits per heavy atom. The third kappa shape index (κ3) is 6.07. The Morgan fingerprint density at radius 1 is 1.63 bits per heavy atom. The van der Waals surface area contributed by atoms with E-state index >= 15 is 0 Å². The first-order valence-electron chi connectivity index (χ1n) is 7.49. The standard InChI is InChI=1S/C12H18ClN7O5S2/c1-9-8-10(24-2)17-20(16-9)19(25-6-3-4-13)11(21)15-18-27(22,23)12-14-5-7-26-12/h3-4,8,12,14,16H,5-7H2,1-2H3. The molecular formula is C12H18ClN7O5S2. The Hall–Kier alpha value is -1.87. The average molecular weight is 440 g/mol. The van der Waals surface area contributed by atoms with Crippen molar-refractivity contribution in [1.82, 2.24) is 21.1 Å². The van der Waals surface area contributed by atoms with Gasteiger partial charge in [-0.05, 0) is 13.0 Å². The van der Waals surface area contributed by atoms with E-state index in [1.165, 1.54) is 18.7 Å². The lowest BCUT2D eigenvalue weighted by atomic mass is 10.4. The van der Waals surface area contributed by atoms with E-state index in [2.05, 4.69) is 25.5 Å². The molecule has 1 fully saturated rings. The third-order valence-electron chi connectivity index (χ3n) is 2.93. The molecule has 1 unspecified atom stereocenters. The van der Waals surface area contributed by atoms with Crippen molar-refractivity contribution in [2.75, 3.05) is 26.0 Å². The van der Waals surface area contributed by atoms with Gasteiger partial charge < -0.3 is 4.74 Å². The van der Waals surface area contributed by atoms with Crippen LogP contribution in [0.3, 0.4) is 0 Å². The summed E-state index contributed by atoms with van der Waals surface area (Å²) in [4.78, 5) is 17.6. The molecule has 1 saturated heterocycles. The van der Waals surface area contributed by atoms with Crippen LogP contribution in [0.15, 0.2) is 38.1 Å². The molecule has 0 aromatic rings. The summed E-state index contributed by atoms with van der Waals surface area (Å²) in [6.07, 6.45) is 2.98. The highest BCUT2D eigenvalue weighted by atomic mass is 35.5. The van der Waals surface area contributed by atoms with Gasteiger partial charge in [-0.15, -0.1) is 11.8 Å². The number of hydrogen-bond acceptors (Lipinski definition) is 10. The quantitative estimate of drug-likeness (QED) is 0.460. The van der Waals surface area contributed by atoms with E-state index in [1.807, 2.05) is 0 Å². The monoisotopic (exact) mass is 439 g/mol. The molecule has 0 saturated carbocycles. The van der Waals surface area contributed by atoms with Crippen LogP contribution in [0.25, 0.3) is 0 Å². The maximum Gasteiger partial charge on any atom is 0.409 e. The molecule has 2 heterocycles. The van der Waals surface area contributed by atoms with Crippen LogP contribution in [0.1, 0.15) is 6.92 Å². The Labute approximate surface area is 165 Å². The Balaban J connectivity index is 2.17. The van der Waals surface area contributed by atoms with Crippen LogP contribution in [0.4, 0.5) is 4.79 Å². The largest absolute Gasteiger partial charge is 0.480 e. The number of urea groups is 1. The first kappa shape index (κ1) is 21.4. The summed E-state index contributed by atoms with van der Waals surface area (Å²) in [5.74, 6) is 0.794. The first-order chi connectivity index (χ1) is 12.9. The molecule has 2 aliphatic heterocycles. The predicted octanol–water partition coefficient (Wildman–Crippen LogP) is 1.09. The average Bonchev–Trinajstić information content (AvgIpc) is 3.18. The van der Waals surface area contributed by atoms with Gasteiger partial charge in [0.25, 0.3) is 10.0 Å². The van der Waals surface area contributed by atoms with Crippen LogP contribution in [-0.2, 0) is 19.6 Å². The number of rotatable bonds is 6. The SMILES string of the molecule is COC1=NN(N(OCC=CCl)C(=O)N=NS(=O)(=O)C2NCCS2)NC(C)=C1. The molecule has 0 aromatic heterocycles. The molecular weight excluding hydrogens is 422 g/mol. The van der Waals surface area contributed by atoms with Crippen LogP contribution in [0, 0.1) is 0 Å². The second-order valence-corrected chi connectivity index (χ2v) is 8.37. The van der Waals surface area contributed by atoms with Crippen LogP contribution in [-0.4, -0.2) is 61.5 Å². The third-order valence-corrected chi connectivity index (χ3v) is 6.17. The summed E-state index contributed by atoms with van der Waals surface area (Å²) in [5.41, 5.74) is 4.49. The maximum absolute atomic E-state index is 12.4. The van der Waals surface area contributed by atoms with Crippen LogP contribution >= 0.6 is 23.4 Å². The number of nitrogens with zero attached hydrogens (tertiary/aromatic N) is 5. The van der Waals surface area contributed by atoms with Gasteiger partial charge in [0.05, 0.1) is 13.7 Å². The fourth-order valence-corrected chi connectivity index (χ4v) is 4.26. The predicted molar refractivity (Wildman–Crippen MR) is 99.4 cm³/mol. The van der Waals surface area contributed by atoms with E-state index in [0.29, 0.717) is 23.2 Å². The number of sulfonamides is 1. The van der Waals surface area contributed by atoms with E-state index in [4.69, 9.17) is 21.2 Å². The normalized spacial score (nSPS) is 20.6. The fraction of sp³-hybridized carbons (Fsp3) is 0.500. The summed E-state index contributed by atoms with van der Waals surface area (Å²) < 4.78 is 31.4. The topological polar surface area (TPSA) is 137 Å². The summed E-state index contributed by atoms with van der Waals surface area (Å²) in [5, 5.41) is 11.4. The summed E-state index contributed by atoms with van der Waals surface area (Å²) in [6, 6.07) is -1.13. The molecule has 2 rings (SSSR count). The number of hydrazine groups is 2. The number of ether oxygens (including phenoxy) is 1. The van der Waals surface area contributed by atoms with Gasteiger partial charge >= 0.3 is 6.03 Å². The molecule has 2 aliphatic rings. The summed E-state index contributed by atoms with van der Waals surface area (Å²) in [6.45, 7) is 2.10. The van der Waals surface area contributed by atoms with Crippen molar-refractivity contribution in [1.29, 1.82) is 0 Å². The maximum atomic E-state index is 12.4. The molecule has 0 radical (unpaired) electrons. The van der Waals surface area contributed by atoms with Gasteiger partial charge in [0, 0.05) is 29.6 Å². The number of allylic oxidation sites excluding steroid dienone is 1. The molecule has 0 spiro atoms. The zero-order valence-corrected chi connectivity index (χ0v) is 16.8. The lowest BCUT2D eigenvalue weighted by Gasteiger charge is -2.31. The number of carbonyl (C=O) groups excluding carboxylic acids is 1. The van der Waals surface area contributed by atoms with Crippen LogP contribution in [0.5, 0.6) is 0 Å². The highest BCUT2D eigenvalue weighted by molar-refractivity contribution is 8.13. The minimum Gasteiger partial charge on any atom is -0.480 e. The number of thioether (sulfide) groups is 1. The van der Waals surface area contributed by atoms with Crippen molar-refractivity contribution in [3.05, 3.63) is 23.4 Å².